The van der Waals surface area contributed by atoms with Gasteiger partial charge in [0.25, 0.3) is 11.8 Å². The molecule has 3 aromatic rings. The maximum atomic E-state index is 12.8. The number of carbonyl (C=O) groups is 2. The lowest BCUT2D eigenvalue weighted by atomic mass is 10.2. The third-order valence-electron chi connectivity index (χ3n) is 3.01. The first-order chi connectivity index (χ1) is 12.1. The summed E-state index contributed by atoms with van der Waals surface area (Å²) in [5.41, 5.74) is 1.03. The summed E-state index contributed by atoms with van der Waals surface area (Å²) in [5, 5.41) is 12.6. The lowest BCUT2D eigenvalue weighted by Crippen LogP contribution is -2.16. The molecule has 2 amide bonds. The van der Waals surface area contributed by atoms with Crippen molar-refractivity contribution in [3.05, 3.63) is 72.3 Å². The van der Waals surface area contributed by atoms with E-state index in [0.29, 0.717) is 11.4 Å². The zero-order chi connectivity index (χ0) is 17.6. The summed E-state index contributed by atoms with van der Waals surface area (Å²) in [4.78, 5) is 31.3. The average Bonchev–Trinajstić information content (AvgIpc) is 2.63. The number of anilines is 2. The van der Waals surface area contributed by atoms with Gasteiger partial charge in [-0.25, -0.2) is 14.4 Å². The van der Waals surface area contributed by atoms with Crippen LogP contribution in [0.3, 0.4) is 0 Å². The van der Waals surface area contributed by atoms with Crippen molar-refractivity contribution in [3.63, 3.8) is 0 Å². The minimum atomic E-state index is -0.634. The zero-order valence-electron chi connectivity index (χ0n) is 12.7. The van der Waals surface area contributed by atoms with Crippen molar-refractivity contribution >= 4 is 23.2 Å². The Kier molecular flexibility index (Phi) is 4.65. The van der Waals surface area contributed by atoms with Crippen molar-refractivity contribution in [2.75, 3.05) is 10.6 Å². The van der Waals surface area contributed by atoms with E-state index in [9.17, 15) is 14.0 Å². The van der Waals surface area contributed by atoms with Crippen molar-refractivity contribution < 1.29 is 14.0 Å². The van der Waals surface area contributed by atoms with Gasteiger partial charge >= 0.3 is 0 Å². The lowest BCUT2D eigenvalue weighted by Gasteiger charge is -2.08. The minimum Gasteiger partial charge on any atom is -0.321 e. The molecule has 2 aromatic heterocycles. The molecule has 0 spiro atoms. The number of carbonyl (C=O) groups excluding carboxylic acids is 2. The van der Waals surface area contributed by atoms with Crippen molar-refractivity contribution in [3.8, 4) is 0 Å². The Morgan fingerprint density at radius 2 is 1.60 bits per heavy atom. The zero-order valence-corrected chi connectivity index (χ0v) is 12.7. The van der Waals surface area contributed by atoms with Gasteiger partial charge in [0.05, 0.1) is 12.4 Å². The fraction of sp³-hybridized carbons (Fsp3) is 0. The summed E-state index contributed by atoms with van der Waals surface area (Å²) < 4.78 is 12.8. The number of aromatic nitrogens is 4. The van der Waals surface area contributed by atoms with Crippen LogP contribution in [0.5, 0.6) is 0 Å². The van der Waals surface area contributed by atoms with Crippen LogP contribution in [0.1, 0.15) is 21.1 Å². The van der Waals surface area contributed by atoms with Crippen molar-refractivity contribution in [2.24, 2.45) is 0 Å². The van der Waals surface area contributed by atoms with E-state index in [0.717, 1.165) is 12.4 Å². The lowest BCUT2D eigenvalue weighted by molar-refractivity contribution is 0.101. The van der Waals surface area contributed by atoms with E-state index < -0.39 is 17.6 Å². The summed E-state index contributed by atoms with van der Waals surface area (Å²) in [6, 6.07) is 9.60. The molecule has 1 aromatic carbocycles. The van der Waals surface area contributed by atoms with Gasteiger partial charge in [-0.3, -0.25) is 9.59 Å². The van der Waals surface area contributed by atoms with Crippen LogP contribution in [-0.4, -0.2) is 32.0 Å². The van der Waals surface area contributed by atoms with Crippen LogP contribution in [0.4, 0.5) is 15.8 Å². The SMILES string of the molecule is O=C(Nc1cccc(NC(=O)c2ncc(F)cn2)c1)c1cccnn1. The van der Waals surface area contributed by atoms with Crippen LogP contribution < -0.4 is 10.6 Å². The van der Waals surface area contributed by atoms with E-state index in [-0.39, 0.29) is 11.5 Å². The summed E-state index contributed by atoms with van der Waals surface area (Å²) in [5.74, 6) is -1.84. The van der Waals surface area contributed by atoms with E-state index >= 15 is 0 Å². The van der Waals surface area contributed by atoms with Crippen molar-refractivity contribution in [1.82, 2.24) is 20.2 Å². The molecule has 9 heteroatoms. The van der Waals surface area contributed by atoms with Crippen molar-refractivity contribution in [2.45, 2.75) is 0 Å². The van der Waals surface area contributed by atoms with E-state index in [1.165, 1.54) is 12.3 Å². The molecular weight excluding hydrogens is 327 g/mol. The average molecular weight is 338 g/mol. The second kappa shape index (κ2) is 7.21. The van der Waals surface area contributed by atoms with Crippen LogP contribution in [0, 0.1) is 5.82 Å². The Morgan fingerprint density at radius 3 is 2.24 bits per heavy atom. The molecule has 0 fully saturated rings. The predicted molar refractivity (Wildman–Crippen MR) is 86.4 cm³/mol. The number of nitrogens with one attached hydrogen (secondary N) is 2. The number of nitrogens with zero attached hydrogens (tertiary/aromatic N) is 4. The second-order valence-corrected chi connectivity index (χ2v) is 4.82. The normalized spacial score (nSPS) is 10.1. The molecule has 2 N–H and O–H groups in total. The third kappa shape index (κ3) is 4.16. The highest BCUT2D eigenvalue weighted by molar-refractivity contribution is 6.04. The van der Waals surface area contributed by atoms with E-state index in [1.807, 2.05) is 0 Å². The minimum absolute atomic E-state index is 0.164. The highest BCUT2D eigenvalue weighted by atomic mass is 19.1. The number of halogens is 1. The number of rotatable bonds is 4. The second-order valence-electron chi connectivity index (χ2n) is 4.82. The molecule has 0 aliphatic heterocycles. The van der Waals surface area contributed by atoms with E-state index in [1.54, 1.807) is 30.3 Å². The monoisotopic (exact) mass is 338 g/mol. The Labute approximate surface area is 141 Å². The highest BCUT2D eigenvalue weighted by Gasteiger charge is 2.11. The Hall–Kier alpha value is -3.75. The summed E-state index contributed by atoms with van der Waals surface area (Å²) in [7, 11) is 0. The number of hydrogen-bond acceptors (Lipinski definition) is 6. The number of benzene rings is 1. The molecule has 0 radical (unpaired) electrons. The third-order valence-corrected chi connectivity index (χ3v) is 3.01. The molecule has 2 heterocycles. The van der Waals surface area contributed by atoms with Gasteiger partial charge < -0.3 is 10.6 Å². The molecule has 0 atom stereocenters. The summed E-state index contributed by atoms with van der Waals surface area (Å²) in [6.45, 7) is 0. The highest BCUT2D eigenvalue weighted by Crippen LogP contribution is 2.16. The maximum absolute atomic E-state index is 12.8. The number of hydrogen-bond donors (Lipinski definition) is 2. The smallest absolute Gasteiger partial charge is 0.293 e. The molecule has 0 unspecified atom stereocenters. The largest absolute Gasteiger partial charge is 0.321 e. The van der Waals surface area contributed by atoms with Gasteiger partial charge in [-0.05, 0) is 30.3 Å². The van der Waals surface area contributed by atoms with E-state index in [4.69, 9.17) is 0 Å². The standard InChI is InChI=1S/C16H11FN6O2/c17-10-8-18-14(19-9-10)16(25)22-12-4-1-3-11(7-12)21-15(24)13-5-2-6-20-23-13/h1-9H,(H,21,24)(H,22,25). The fourth-order valence-electron chi connectivity index (χ4n) is 1.91. The molecule has 25 heavy (non-hydrogen) atoms. The van der Waals surface area contributed by atoms with Gasteiger partial charge in [-0.1, -0.05) is 6.07 Å². The van der Waals surface area contributed by atoms with Crippen LogP contribution in [0.15, 0.2) is 55.0 Å². The van der Waals surface area contributed by atoms with Crippen molar-refractivity contribution in [1.29, 1.82) is 0 Å². The number of amides is 2. The van der Waals surface area contributed by atoms with Crippen LogP contribution in [0.25, 0.3) is 0 Å². The topological polar surface area (TPSA) is 110 Å². The van der Waals surface area contributed by atoms with Gasteiger partial charge in [0.1, 0.15) is 0 Å². The Bertz CT molecular complexity index is 902. The summed E-state index contributed by atoms with van der Waals surface area (Å²) >= 11 is 0. The molecular formula is C16H11FN6O2. The van der Waals surface area contributed by atoms with Crippen LogP contribution in [-0.2, 0) is 0 Å². The van der Waals surface area contributed by atoms with Gasteiger partial charge in [0.2, 0.25) is 5.82 Å². The molecule has 0 aliphatic rings. The fourth-order valence-corrected chi connectivity index (χ4v) is 1.91. The maximum Gasteiger partial charge on any atom is 0.293 e. The van der Waals surface area contributed by atoms with Crippen LogP contribution >= 0.6 is 0 Å². The van der Waals surface area contributed by atoms with Gasteiger partial charge in [0, 0.05) is 17.6 Å². The Morgan fingerprint density at radius 1 is 0.920 bits per heavy atom. The molecule has 0 bridgehead atoms. The molecule has 8 nitrogen and oxygen atoms in total. The molecule has 0 aliphatic carbocycles. The van der Waals surface area contributed by atoms with Crippen LogP contribution in [0.2, 0.25) is 0 Å². The first kappa shape index (κ1) is 16.1. The summed E-state index contributed by atoms with van der Waals surface area (Å²) in [6.07, 6.45) is 3.27. The van der Waals surface area contributed by atoms with Gasteiger partial charge in [-0.15, -0.1) is 5.10 Å². The first-order valence-electron chi connectivity index (χ1n) is 7.10. The molecule has 3 rings (SSSR count). The Balaban J connectivity index is 1.70. The quantitative estimate of drug-likeness (QED) is 0.752. The molecule has 124 valence electrons. The molecule has 0 saturated carbocycles. The van der Waals surface area contributed by atoms with Gasteiger partial charge in [0.15, 0.2) is 11.5 Å². The van der Waals surface area contributed by atoms with E-state index in [2.05, 4.69) is 30.8 Å². The first-order valence-corrected chi connectivity index (χ1v) is 7.10. The van der Waals surface area contributed by atoms with Gasteiger partial charge in [-0.2, -0.15) is 5.10 Å². The predicted octanol–water partition coefficient (Wildman–Crippen LogP) is 1.91. The molecule has 0 saturated heterocycles.